The molecule has 0 aromatic heterocycles. The van der Waals surface area contributed by atoms with Gasteiger partial charge in [0.1, 0.15) is 0 Å². The predicted molar refractivity (Wildman–Crippen MR) is 76.9 cm³/mol. The number of amides is 1. The number of hydrogen-bond donors (Lipinski definition) is 1. The van der Waals surface area contributed by atoms with E-state index in [0.717, 1.165) is 31.5 Å². The molecule has 0 saturated carbocycles. The summed E-state index contributed by atoms with van der Waals surface area (Å²) in [7, 11) is -3.79. The van der Waals surface area contributed by atoms with E-state index < -0.39 is 10.0 Å². The van der Waals surface area contributed by atoms with Crippen LogP contribution in [0.4, 0.5) is 0 Å². The van der Waals surface area contributed by atoms with Crippen molar-refractivity contribution in [3.05, 3.63) is 29.3 Å². The lowest BCUT2D eigenvalue weighted by molar-refractivity contribution is 0.0696. The molecule has 20 heavy (non-hydrogen) atoms. The number of sulfonamides is 1. The number of aryl methyl sites for hydroxylation is 1. The summed E-state index contributed by atoms with van der Waals surface area (Å²) in [5, 5.41) is 5.12. The van der Waals surface area contributed by atoms with Crippen molar-refractivity contribution in [1.29, 1.82) is 0 Å². The minimum atomic E-state index is -3.79. The van der Waals surface area contributed by atoms with Crippen LogP contribution < -0.4 is 5.14 Å². The summed E-state index contributed by atoms with van der Waals surface area (Å²) in [6, 6.07) is 4.43. The first-order valence-electron chi connectivity index (χ1n) is 6.72. The van der Waals surface area contributed by atoms with Crippen LogP contribution in [-0.2, 0) is 10.0 Å². The van der Waals surface area contributed by atoms with Gasteiger partial charge in [0.2, 0.25) is 10.0 Å². The second kappa shape index (κ2) is 5.54. The van der Waals surface area contributed by atoms with Gasteiger partial charge in [-0.2, -0.15) is 0 Å². The highest BCUT2D eigenvalue weighted by molar-refractivity contribution is 7.89. The Morgan fingerprint density at radius 3 is 2.45 bits per heavy atom. The number of piperidine rings is 1. The maximum Gasteiger partial charge on any atom is 0.254 e. The molecule has 0 radical (unpaired) electrons. The van der Waals surface area contributed by atoms with Crippen molar-refractivity contribution in [2.45, 2.75) is 31.6 Å². The molecule has 1 amide bonds. The SMILES string of the molecule is Cc1ccc(S(N)(=O)=O)cc1C(=O)N1CCC(C)CC1. The zero-order valence-corrected chi connectivity index (χ0v) is 12.6. The minimum absolute atomic E-state index is 0.0168. The summed E-state index contributed by atoms with van der Waals surface area (Å²) in [6.07, 6.45) is 1.97. The van der Waals surface area contributed by atoms with Gasteiger partial charge in [-0.1, -0.05) is 13.0 Å². The summed E-state index contributed by atoms with van der Waals surface area (Å²) in [5.41, 5.74) is 1.19. The number of carbonyl (C=O) groups is 1. The zero-order chi connectivity index (χ0) is 14.9. The largest absolute Gasteiger partial charge is 0.339 e. The highest BCUT2D eigenvalue weighted by Gasteiger charge is 2.23. The third-order valence-electron chi connectivity index (χ3n) is 3.84. The fraction of sp³-hybridized carbons (Fsp3) is 0.500. The average Bonchev–Trinajstić information content (AvgIpc) is 2.38. The molecule has 0 bridgehead atoms. The Bertz CT molecular complexity index is 617. The number of hydrogen-bond acceptors (Lipinski definition) is 3. The summed E-state index contributed by atoms with van der Waals surface area (Å²) >= 11 is 0. The Morgan fingerprint density at radius 1 is 1.30 bits per heavy atom. The van der Waals surface area contributed by atoms with Crippen molar-refractivity contribution in [2.75, 3.05) is 13.1 Å². The molecule has 5 nitrogen and oxygen atoms in total. The van der Waals surface area contributed by atoms with Gasteiger partial charge < -0.3 is 4.90 Å². The molecule has 1 saturated heterocycles. The zero-order valence-electron chi connectivity index (χ0n) is 11.8. The Labute approximate surface area is 119 Å². The molecule has 1 aliphatic rings. The van der Waals surface area contributed by atoms with Crippen molar-refractivity contribution >= 4 is 15.9 Å². The smallest absolute Gasteiger partial charge is 0.254 e. The van der Waals surface area contributed by atoms with Gasteiger partial charge in [-0.25, -0.2) is 13.6 Å². The molecular weight excluding hydrogens is 276 g/mol. The molecule has 0 spiro atoms. The fourth-order valence-corrected chi connectivity index (χ4v) is 2.93. The van der Waals surface area contributed by atoms with Crippen molar-refractivity contribution in [1.82, 2.24) is 4.90 Å². The molecular formula is C14H20N2O3S. The maximum absolute atomic E-state index is 12.5. The number of benzene rings is 1. The molecule has 2 N–H and O–H groups in total. The van der Waals surface area contributed by atoms with E-state index in [1.807, 2.05) is 0 Å². The number of carbonyl (C=O) groups excluding carboxylic acids is 1. The highest BCUT2D eigenvalue weighted by Crippen LogP contribution is 2.21. The maximum atomic E-state index is 12.5. The van der Waals surface area contributed by atoms with E-state index in [1.54, 1.807) is 17.9 Å². The lowest BCUT2D eigenvalue weighted by Crippen LogP contribution is -2.38. The monoisotopic (exact) mass is 296 g/mol. The molecule has 0 atom stereocenters. The fourth-order valence-electron chi connectivity index (χ4n) is 2.39. The van der Waals surface area contributed by atoms with Gasteiger partial charge in [-0.3, -0.25) is 4.79 Å². The van der Waals surface area contributed by atoms with Crippen LogP contribution in [0.15, 0.2) is 23.1 Å². The second-order valence-corrected chi connectivity index (χ2v) is 7.06. The number of primary sulfonamides is 1. The molecule has 0 aliphatic carbocycles. The molecule has 2 rings (SSSR count). The van der Waals surface area contributed by atoms with Crippen LogP contribution in [0.1, 0.15) is 35.7 Å². The second-order valence-electron chi connectivity index (χ2n) is 5.50. The Kier molecular flexibility index (Phi) is 4.15. The highest BCUT2D eigenvalue weighted by atomic mass is 32.2. The molecule has 0 unspecified atom stereocenters. The van der Waals surface area contributed by atoms with Crippen LogP contribution >= 0.6 is 0 Å². The van der Waals surface area contributed by atoms with Crippen LogP contribution in [0.5, 0.6) is 0 Å². The Morgan fingerprint density at radius 2 is 1.90 bits per heavy atom. The van der Waals surface area contributed by atoms with Crippen molar-refractivity contribution < 1.29 is 13.2 Å². The van der Waals surface area contributed by atoms with Gasteiger partial charge >= 0.3 is 0 Å². The molecule has 1 heterocycles. The van der Waals surface area contributed by atoms with Gasteiger partial charge in [-0.15, -0.1) is 0 Å². The van der Waals surface area contributed by atoms with Crippen LogP contribution in [0, 0.1) is 12.8 Å². The molecule has 110 valence electrons. The average molecular weight is 296 g/mol. The summed E-state index contributed by atoms with van der Waals surface area (Å²) in [4.78, 5) is 14.3. The topological polar surface area (TPSA) is 80.5 Å². The predicted octanol–water partition coefficient (Wildman–Crippen LogP) is 1.51. The van der Waals surface area contributed by atoms with Gasteiger partial charge in [-0.05, 0) is 43.4 Å². The summed E-state index contributed by atoms with van der Waals surface area (Å²) in [6.45, 7) is 5.42. The summed E-state index contributed by atoms with van der Waals surface area (Å²) in [5.74, 6) is 0.524. The van der Waals surface area contributed by atoms with Crippen molar-refractivity contribution in [2.24, 2.45) is 11.1 Å². The lowest BCUT2D eigenvalue weighted by Gasteiger charge is -2.30. The lowest BCUT2D eigenvalue weighted by atomic mass is 9.98. The van der Waals surface area contributed by atoms with E-state index >= 15 is 0 Å². The van der Waals surface area contributed by atoms with Gasteiger partial charge in [0.05, 0.1) is 4.90 Å². The van der Waals surface area contributed by atoms with Crippen LogP contribution in [0.3, 0.4) is 0 Å². The molecule has 1 aromatic carbocycles. The minimum Gasteiger partial charge on any atom is -0.339 e. The normalized spacial score (nSPS) is 17.2. The van der Waals surface area contributed by atoms with E-state index in [9.17, 15) is 13.2 Å². The first-order chi connectivity index (χ1) is 9.29. The van der Waals surface area contributed by atoms with E-state index in [4.69, 9.17) is 5.14 Å². The Hall–Kier alpha value is -1.40. The first-order valence-corrected chi connectivity index (χ1v) is 8.26. The quantitative estimate of drug-likeness (QED) is 0.898. The van der Waals surface area contributed by atoms with Crippen LogP contribution in [-0.4, -0.2) is 32.3 Å². The van der Waals surface area contributed by atoms with E-state index in [1.165, 1.54) is 12.1 Å². The van der Waals surface area contributed by atoms with Gasteiger partial charge in [0.25, 0.3) is 5.91 Å². The van der Waals surface area contributed by atoms with Crippen molar-refractivity contribution in [3.63, 3.8) is 0 Å². The number of rotatable bonds is 2. The molecule has 6 heteroatoms. The van der Waals surface area contributed by atoms with Gasteiger partial charge in [0.15, 0.2) is 0 Å². The molecule has 1 aliphatic heterocycles. The first kappa shape index (κ1) is 15.0. The summed E-state index contributed by atoms with van der Waals surface area (Å²) < 4.78 is 22.8. The number of likely N-dealkylation sites (tertiary alicyclic amines) is 1. The third-order valence-corrected chi connectivity index (χ3v) is 4.75. The number of nitrogens with zero attached hydrogens (tertiary/aromatic N) is 1. The standard InChI is InChI=1S/C14H20N2O3S/c1-10-5-7-16(8-6-10)14(17)13-9-12(20(15,18)19)4-3-11(13)2/h3-4,9-10H,5-8H2,1-2H3,(H2,15,18,19). The van der Waals surface area contributed by atoms with E-state index in [0.29, 0.717) is 11.5 Å². The van der Waals surface area contributed by atoms with E-state index in [2.05, 4.69) is 6.92 Å². The van der Waals surface area contributed by atoms with Crippen LogP contribution in [0.25, 0.3) is 0 Å². The third kappa shape index (κ3) is 3.19. The Balaban J connectivity index is 2.30. The molecule has 1 aromatic rings. The number of nitrogens with two attached hydrogens (primary N) is 1. The van der Waals surface area contributed by atoms with Crippen LogP contribution in [0.2, 0.25) is 0 Å². The van der Waals surface area contributed by atoms with Gasteiger partial charge in [0, 0.05) is 18.7 Å². The molecule has 1 fully saturated rings. The van der Waals surface area contributed by atoms with E-state index in [-0.39, 0.29) is 10.8 Å². The van der Waals surface area contributed by atoms with Crippen molar-refractivity contribution in [3.8, 4) is 0 Å².